The molecule has 0 atom stereocenters. The Morgan fingerprint density at radius 1 is 0.793 bits per heavy atom. The summed E-state index contributed by atoms with van der Waals surface area (Å²) in [6.45, 7) is 4.13. The molecule has 0 amide bonds. The zero-order chi connectivity index (χ0) is 20.0. The Morgan fingerprint density at radius 2 is 1.38 bits per heavy atom. The smallest absolute Gasteiger partial charge is 0.0884 e. The van der Waals surface area contributed by atoms with Crippen LogP contribution in [-0.2, 0) is 0 Å². The van der Waals surface area contributed by atoms with Gasteiger partial charge in [-0.3, -0.25) is 10.4 Å². The fourth-order valence-corrected chi connectivity index (χ4v) is 4.09. The van der Waals surface area contributed by atoms with Crippen LogP contribution < -0.4 is 16.2 Å². The monoisotopic (exact) mass is 377 g/mol. The average molecular weight is 377 g/mol. The number of para-hydroxylation sites is 1. The summed E-state index contributed by atoms with van der Waals surface area (Å²) in [4.78, 5) is 0. The van der Waals surface area contributed by atoms with Gasteiger partial charge in [0.25, 0.3) is 0 Å². The highest BCUT2D eigenvalue weighted by Gasteiger charge is 2.25. The molecule has 1 heterocycles. The molecule has 0 radical (unpaired) electrons. The summed E-state index contributed by atoms with van der Waals surface area (Å²) in [7, 11) is 0. The lowest BCUT2D eigenvalue weighted by Gasteiger charge is -2.24. The maximum absolute atomic E-state index is 6.54. The first kappa shape index (κ1) is 17.4. The summed E-state index contributed by atoms with van der Waals surface area (Å²) in [6, 6.07) is 27.7. The van der Waals surface area contributed by atoms with E-state index >= 15 is 0 Å². The number of fused-ring (bicyclic) bond motifs is 2. The van der Waals surface area contributed by atoms with Crippen molar-refractivity contribution in [2.45, 2.75) is 13.8 Å². The molecule has 0 aromatic heterocycles. The number of anilines is 1. The second-order valence-electron chi connectivity index (χ2n) is 7.53. The van der Waals surface area contributed by atoms with Gasteiger partial charge in [-0.2, -0.15) is 0 Å². The Labute approximate surface area is 170 Å². The van der Waals surface area contributed by atoms with Crippen LogP contribution in [0.3, 0.4) is 0 Å². The number of hydrogen-bond donors (Lipinski definition) is 2. The molecule has 142 valence electrons. The van der Waals surface area contributed by atoms with E-state index in [-0.39, 0.29) is 0 Å². The molecule has 0 unspecified atom stereocenters. The minimum absolute atomic E-state index is 0.769. The van der Waals surface area contributed by atoms with Crippen LogP contribution in [0, 0.1) is 6.92 Å². The minimum Gasteiger partial charge on any atom is -0.396 e. The highest BCUT2D eigenvalue weighted by atomic mass is 15.5. The van der Waals surface area contributed by atoms with Crippen molar-refractivity contribution in [2.75, 3.05) is 5.01 Å². The SMILES string of the molecule is CC1=C(N)C(=Cc2c3ccccc3cc3ccccc23)N(c2ccccc2C)N1. The lowest BCUT2D eigenvalue weighted by atomic mass is 9.95. The average Bonchev–Trinajstić information content (AvgIpc) is 3.02. The summed E-state index contributed by atoms with van der Waals surface area (Å²) in [5.41, 5.74) is 16.2. The van der Waals surface area contributed by atoms with E-state index in [1.807, 2.05) is 6.92 Å². The maximum atomic E-state index is 6.54. The second-order valence-corrected chi connectivity index (χ2v) is 7.53. The van der Waals surface area contributed by atoms with E-state index in [4.69, 9.17) is 5.73 Å². The number of rotatable bonds is 2. The van der Waals surface area contributed by atoms with Crippen molar-refractivity contribution in [3.63, 3.8) is 0 Å². The van der Waals surface area contributed by atoms with E-state index in [0.717, 1.165) is 22.8 Å². The van der Waals surface area contributed by atoms with Crippen molar-refractivity contribution in [3.05, 3.63) is 107 Å². The standard InChI is InChI=1S/C26H23N3/c1-17-9-3-8-14-24(17)29-25(26(27)18(2)28-29)16-23-21-12-6-4-10-19(21)15-20-11-5-7-13-22(20)23/h3-16,28H,27H2,1-2H3. The van der Waals surface area contributed by atoms with E-state index in [2.05, 4.69) is 102 Å². The Kier molecular flexibility index (Phi) is 4.02. The molecule has 3 nitrogen and oxygen atoms in total. The van der Waals surface area contributed by atoms with Crippen LogP contribution in [-0.4, -0.2) is 0 Å². The van der Waals surface area contributed by atoms with Crippen LogP contribution in [0.2, 0.25) is 0 Å². The molecule has 0 saturated heterocycles. The lowest BCUT2D eigenvalue weighted by Crippen LogP contribution is -2.31. The maximum Gasteiger partial charge on any atom is 0.0884 e. The van der Waals surface area contributed by atoms with Gasteiger partial charge >= 0.3 is 0 Å². The largest absolute Gasteiger partial charge is 0.396 e. The Morgan fingerprint density at radius 3 is 2.03 bits per heavy atom. The fraction of sp³-hybridized carbons (Fsp3) is 0.0769. The fourth-order valence-electron chi connectivity index (χ4n) is 4.09. The molecule has 0 spiro atoms. The van der Waals surface area contributed by atoms with Crippen LogP contribution in [0.4, 0.5) is 5.69 Å². The first-order valence-electron chi connectivity index (χ1n) is 9.85. The molecular formula is C26H23N3. The van der Waals surface area contributed by atoms with Crippen molar-refractivity contribution in [1.82, 2.24) is 5.43 Å². The van der Waals surface area contributed by atoms with Gasteiger partial charge in [-0.1, -0.05) is 66.7 Å². The number of nitrogens with one attached hydrogen (secondary N) is 1. The predicted molar refractivity (Wildman–Crippen MR) is 123 cm³/mol. The third kappa shape index (κ3) is 2.83. The predicted octanol–water partition coefficient (Wildman–Crippen LogP) is 5.86. The molecule has 0 saturated carbocycles. The minimum atomic E-state index is 0.769. The number of allylic oxidation sites excluding steroid dienone is 1. The molecule has 29 heavy (non-hydrogen) atoms. The Hall–Kier alpha value is -3.72. The number of benzene rings is 4. The first-order valence-corrected chi connectivity index (χ1v) is 9.85. The Bertz CT molecular complexity index is 1260. The third-order valence-corrected chi connectivity index (χ3v) is 5.65. The third-order valence-electron chi connectivity index (χ3n) is 5.65. The summed E-state index contributed by atoms with van der Waals surface area (Å²) < 4.78 is 0. The van der Waals surface area contributed by atoms with Crippen molar-refractivity contribution in [1.29, 1.82) is 0 Å². The van der Waals surface area contributed by atoms with E-state index in [1.165, 1.54) is 32.7 Å². The van der Waals surface area contributed by atoms with Gasteiger partial charge < -0.3 is 5.73 Å². The lowest BCUT2D eigenvalue weighted by molar-refractivity contribution is 0.844. The number of hydrogen-bond acceptors (Lipinski definition) is 3. The van der Waals surface area contributed by atoms with Gasteiger partial charge in [0.05, 0.1) is 22.8 Å². The summed E-state index contributed by atoms with van der Waals surface area (Å²) in [5.74, 6) is 0. The van der Waals surface area contributed by atoms with Gasteiger partial charge in [0, 0.05) is 0 Å². The van der Waals surface area contributed by atoms with Crippen molar-refractivity contribution < 1.29 is 0 Å². The second kappa shape index (κ2) is 6.71. The normalized spacial score (nSPS) is 15.5. The summed E-state index contributed by atoms with van der Waals surface area (Å²) in [6.07, 6.45) is 2.22. The highest BCUT2D eigenvalue weighted by Crippen LogP contribution is 2.35. The molecule has 1 aliphatic rings. The molecule has 4 aromatic rings. The zero-order valence-corrected chi connectivity index (χ0v) is 16.6. The number of aryl methyl sites for hydroxylation is 1. The van der Waals surface area contributed by atoms with E-state index < -0.39 is 0 Å². The topological polar surface area (TPSA) is 41.3 Å². The number of nitrogens with zero attached hydrogens (tertiary/aromatic N) is 1. The molecule has 0 aliphatic carbocycles. The highest BCUT2D eigenvalue weighted by molar-refractivity contribution is 6.07. The molecule has 3 heteroatoms. The summed E-state index contributed by atoms with van der Waals surface area (Å²) >= 11 is 0. The molecule has 4 aromatic carbocycles. The van der Waals surface area contributed by atoms with Gasteiger partial charge in [-0.25, -0.2) is 0 Å². The molecular weight excluding hydrogens is 354 g/mol. The first-order chi connectivity index (χ1) is 14.1. The quantitative estimate of drug-likeness (QED) is 0.430. The van der Waals surface area contributed by atoms with Crippen LogP contribution in [0.15, 0.2) is 96.0 Å². The van der Waals surface area contributed by atoms with Crippen LogP contribution in [0.1, 0.15) is 18.1 Å². The molecule has 1 aliphatic heterocycles. The number of nitrogens with two attached hydrogens (primary N) is 1. The van der Waals surface area contributed by atoms with Gasteiger partial charge in [0.15, 0.2) is 0 Å². The molecule has 0 bridgehead atoms. The van der Waals surface area contributed by atoms with Crippen LogP contribution in [0.5, 0.6) is 0 Å². The van der Waals surface area contributed by atoms with Crippen molar-refractivity contribution >= 4 is 33.3 Å². The molecule has 0 fully saturated rings. The van der Waals surface area contributed by atoms with E-state index in [1.54, 1.807) is 0 Å². The number of hydrazine groups is 1. The van der Waals surface area contributed by atoms with E-state index in [0.29, 0.717) is 0 Å². The van der Waals surface area contributed by atoms with Gasteiger partial charge in [-0.15, -0.1) is 0 Å². The van der Waals surface area contributed by atoms with E-state index in [9.17, 15) is 0 Å². The van der Waals surface area contributed by atoms with Crippen molar-refractivity contribution in [2.24, 2.45) is 5.73 Å². The Balaban J connectivity index is 1.80. The molecule has 3 N–H and O–H groups in total. The van der Waals surface area contributed by atoms with Crippen LogP contribution in [0.25, 0.3) is 27.6 Å². The van der Waals surface area contributed by atoms with Gasteiger partial charge in [0.1, 0.15) is 0 Å². The van der Waals surface area contributed by atoms with Gasteiger partial charge in [0.2, 0.25) is 0 Å². The van der Waals surface area contributed by atoms with Gasteiger partial charge in [-0.05, 0) is 64.7 Å². The summed E-state index contributed by atoms with van der Waals surface area (Å²) in [5, 5.41) is 6.99. The van der Waals surface area contributed by atoms with Crippen molar-refractivity contribution in [3.8, 4) is 0 Å². The van der Waals surface area contributed by atoms with Crippen LogP contribution >= 0.6 is 0 Å². The zero-order valence-electron chi connectivity index (χ0n) is 16.6. The molecule has 5 rings (SSSR count).